The van der Waals surface area contributed by atoms with Gasteiger partial charge >= 0.3 is 0 Å². The van der Waals surface area contributed by atoms with E-state index in [2.05, 4.69) is 47.0 Å². The predicted molar refractivity (Wildman–Crippen MR) is 74.6 cm³/mol. The summed E-state index contributed by atoms with van der Waals surface area (Å²) in [6, 6.07) is 6.77. The number of rotatable bonds is 2. The molecule has 2 atom stereocenters. The van der Waals surface area contributed by atoms with E-state index in [9.17, 15) is 0 Å². The second-order valence-electron chi connectivity index (χ2n) is 4.28. The van der Waals surface area contributed by atoms with E-state index in [1.54, 1.807) is 0 Å². The maximum absolute atomic E-state index is 6.19. The molecule has 1 saturated carbocycles. The molecule has 0 aromatic heterocycles. The van der Waals surface area contributed by atoms with Crippen molar-refractivity contribution in [1.29, 1.82) is 0 Å². The average Bonchev–Trinajstić information content (AvgIpc) is 2.57. The topological polar surface area (TPSA) is 12.0 Å². The molecule has 82 valence electrons. The largest absolute Gasteiger partial charge is 0.381 e. The van der Waals surface area contributed by atoms with Gasteiger partial charge in [0.05, 0.1) is 10.7 Å². The summed E-state index contributed by atoms with van der Waals surface area (Å²) in [6.45, 7) is 2.31. The standard InChI is InChI=1S/C12H15ClIN/c1-8-3-2-4-11(8)15-12-6-5-9(14)7-10(12)13/h5-8,11,15H,2-4H2,1H3. The minimum Gasteiger partial charge on any atom is -0.381 e. The Morgan fingerprint density at radius 1 is 1.40 bits per heavy atom. The lowest BCUT2D eigenvalue weighted by Gasteiger charge is -2.19. The highest BCUT2D eigenvalue weighted by Crippen LogP contribution is 2.31. The van der Waals surface area contributed by atoms with Crippen LogP contribution in [0.3, 0.4) is 0 Å². The molecule has 0 bridgehead atoms. The third-order valence-electron chi connectivity index (χ3n) is 3.13. The van der Waals surface area contributed by atoms with Gasteiger partial charge in [0.25, 0.3) is 0 Å². The van der Waals surface area contributed by atoms with E-state index >= 15 is 0 Å². The fourth-order valence-corrected chi connectivity index (χ4v) is 3.08. The van der Waals surface area contributed by atoms with Crippen molar-refractivity contribution in [3.05, 3.63) is 26.8 Å². The molecule has 2 unspecified atom stereocenters. The zero-order valence-corrected chi connectivity index (χ0v) is 11.7. The number of anilines is 1. The Bertz CT molecular complexity index is 353. The quantitative estimate of drug-likeness (QED) is 0.782. The maximum atomic E-state index is 6.19. The van der Waals surface area contributed by atoms with Crippen molar-refractivity contribution in [1.82, 2.24) is 0 Å². The Hall–Kier alpha value is 0.0400. The molecule has 1 aliphatic rings. The van der Waals surface area contributed by atoms with Gasteiger partial charge in [-0.2, -0.15) is 0 Å². The number of halogens is 2. The number of benzene rings is 1. The zero-order valence-electron chi connectivity index (χ0n) is 8.76. The van der Waals surface area contributed by atoms with E-state index in [1.807, 2.05) is 6.07 Å². The molecule has 0 heterocycles. The van der Waals surface area contributed by atoms with Gasteiger partial charge in [0.2, 0.25) is 0 Å². The van der Waals surface area contributed by atoms with Gasteiger partial charge < -0.3 is 5.32 Å². The van der Waals surface area contributed by atoms with Crippen molar-refractivity contribution in [2.45, 2.75) is 32.2 Å². The van der Waals surface area contributed by atoms with Crippen LogP contribution in [-0.4, -0.2) is 6.04 Å². The number of hydrogen-bond acceptors (Lipinski definition) is 1. The van der Waals surface area contributed by atoms with E-state index in [4.69, 9.17) is 11.6 Å². The van der Waals surface area contributed by atoms with Gasteiger partial charge in [-0.05, 0) is 59.5 Å². The van der Waals surface area contributed by atoms with Gasteiger partial charge in [0.1, 0.15) is 0 Å². The molecule has 1 fully saturated rings. The fourth-order valence-electron chi connectivity index (χ4n) is 2.17. The lowest BCUT2D eigenvalue weighted by Crippen LogP contribution is -2.21. The average molecular weight is 336 g/mol. The Kier molecular flexibility index (Phi) is 3.78. The Morgan fingerprint density at radius 3 is 2.80 bits per heavy atom. The first kappa shape index (κ1) is 11.5. The van der Waals surface area contributed by atoms with Crippen molar-refractivity contribution in [3.8, 4) is 0 Å². The molecule has 0 radical (unpaired) electrons. The summed E-state index contributed by atoms with van der Waals surface area (Å²) in [5.74, 6) is 0.764. The molecule has 2 rings (SSSR count). The van der Waals surface area contributed by atoms with Crippen LogP contribution < -0.4 is 5.32 Å². The summed E-state index contributed by atoms with van der Waals surface area (Å²) in [6.07, 6.45) is 3.93. The third kappa shape index (κ3) is 2.78. The summed E-state index contributed by atoms with van der Waals surface area (Å²) in [4.78, 5) is 0. The number of nitrogens with one attached hydrogen (secondary N) is 1. The van der Waals surface area contributed by atoms with Crippen LogP contribution in [0.1, 0.15) is 26.2 Å². The summed E-state index contributed by atoms with van der Waals surface area (Å²) < 4.78 is 1.18. The lowest BCUT2D eigenvalue weighted by atomic mass is 10.1. The summed E-state index contributed by atoms with van der Waals surface area (Å²) in [5, 5.41) is 4.39. The highest BCUT2D eigenvalue weighted by Gasteiger charge is 2.23. The lowest BCUT2D eigenvalue weighted by molar-refractivity contribution is 0.556. The molecule has 0 spiro atoms. The Morgan fingerprint density at radius 2 is 2.20 bits per heavy atom. The summed E-state index contributed by atoms with van der Waals surface area (Å²) >= 11 is 8.47. The predicted octanol–water partition coefficient (Wildman–Crippen LogP) is 4.55. The Labute approximate surface area is 110 Å². The summed E-state index contributed by atoms with van der Waals surface area (Å²) in [5.41, 5.74) is 1.08. The van der Waals surface area contributed by atoms with E-state index < -0.39 is 0 Å². The van der Waals surface area contributed by atoms with Crippen LogP contribution in [0.15, 0.2) is 18.2 Å². The third-order valence-corrected chi connectivity index (χ3v) is 4.12. The molecule has 15 heavy (non-hydrogen) atoms. The summed E-state index contributed by atoms with van der Waals surface area (Å²) in [7, 11) is 0. The molecule has 1 aromatic rings. The van der Waals surface area contributed by atoms with Crippen LogP contribution in [0.2, 0.25) is 5.02 Å². The fraction of sp³-hybridized carbons (Fsp3) is 0.500. The van der Waals surface area contributed by atoms with Crippen LogP contribution >= 0.6 is 34.2 Å². The molecule has 1 N–H and O–H groups in total. The van der Waals surface area contributed by atoms with Gasteiger partial charge in [0.15, 0.2) is 0 Å². The molecule has 1 nitrogen and oxygen atoms in total. The van der Waals surface area contributed by atoms with Crippen LogP contribution in [0, 0.1) is 9.49 Å². The molecular formula is C12H15ClIN. The molecular weight excluding hydrogens is 320 g/mol. The van der Waals surface area contributed by atoms with Gasteiger partial charge in [-0.1, -0.05) is 24.9 Å². The second kappa shape index (κ2) is 4.91. The molecule has 0 aliphatic heterocycles. The van der Waals surface area contributed by atoms with Crippen LogP contribution in [0.5, 0.6) is 0 Å². The van der Waals surface area contributed by atoms with Gasteiger partial charge in [-0.25, -0.2) is 0 Å². The number of hydrogen-bond donors (Lipinski definition) is 1. The minimum absolute atomic E-state index is 0.600. The first-order valence-electron chi connectivity index (χ1n) is 5.38. The van der Waals surface area contributed by atoms with Gasteiger partial charge in [-0.15, -0.1) is 0 Å². The van der Waals surface area contributed by atoms with Gasteiger partial charge in [-0.3, -0.25) is 0 Å². The van der Waals surface area contributed by atoms with E-state index in [0.717, 1.165) is 16.6 Å². The highest BCUT2D eigenvalue weighted by atomic mass is 127. The van der Waals surface area contributed by atoms with Crippen molar-refractivity contribution < 1.29 is 0 Å². The van der Waals surface area contributed by atoms with E-state index in [1.165, 1.54) is 22.8 Å². The van der Waals surface area contributed by atoms with Crippen LogP contribution in [0.4, 0.5) is 5.69 Å². The Balaban J connectivity index is 2.10. The minimum atomic E-state index is 0.600. The molecule has 1 aromatic carbocycles. The highest BCUT2D eigenvalue weighted by molar-refractivity contribution is 14.1. The molecule has 3 heteroatoms. The van der Waals surface area contributed by atoms with Crippen LogP contribution in [-0.2, 0) is 0 Å². The smallest absolute Gasteiger partial charge is 0.0648 e. The van der Waals surface area contributed by atoms with Crippen molar-refractivity contribution in [2.75, 3.05) is 5.32 Å². The van der Waals surface area contributed by atoms with Crippen molar-refractivity contribution in [2.24, 2.45) is 5.92 Å². The van der Waals surface area contributed by atoms with Gasteiger partial charge in [0, 0.05) is 9.61 Å². The SMILES string of the molecule is CC1CCCC1Nc1ccc(I)cc1Cl. The maximum Gasteiger partial charge on any atom is 0.0648 e. The molecule has 0 saturated heterocycles. The monoisotopic (exact) mass is 335 g/mol. The van der Waals surface area contributed by atoms with Crippen LogP contribution in [0.25, 0.3) is 0 Å². The van der Waals surface area contributed by atoms with E-state index in [-0.39, 0.29) is 0 Å². The van der Waals surface area contributed by atoms with E-state index in [0.29, 0.717) is 6.04 Å². The second-order valence-corrected chi connectivity index (χ2v) is 5.94. The first-order chi connectivity index (χ1) is 7.16. The van der Waals surface area contributed by atoms with Crippen molar-refractivity contribution in [3.63, 3.8) is 0 Å². The first-order valence-corrected chi connectivity index (χ1v) is 6.84. The zero-order chi connectivity index (χ0) is 10.8. The molecule has 0 amide bonds. The van der Waals surface area contributed by atoms with Crippen molar-refractivity contribution >= 4 is 39.9 Å². The normalized spacial score (nSPS) is 25.5. The molecule has 1 aliphatic carbocycles.